The second-order valence-corrected chi connectivity index (χ2v) is 6.88. The number of alkyl carbamates (subject to hydrolysis) is 1. The third-order valence-electron chi connectivity index (χ3n) is 5.58. The van der Waals surface area contributed by atoms with Gasteiger partial charge in [-0.3, -0.25) is 4.98 Å². The number of nitrogens with zero attached hydrogens (tertiary/aromatic N) is 1. The van der Waals surface area contributed by atoms with Crippen molar-refractivity contribution in [2.75, 3.05) is 19.6 Å². The van der Waals surface area contributed by atoms with Crippen LogP contribution in [0, 0.1) is 11.8 Å². The van der Waals surface area contributed by atoms with Gasteiger partial charge in [0.2, 0.25) is 0 Å². The normalized spacial score (nSPS) is 27.2. The summed E-state index contributed by atoms with van der Waals surface area (Å²) in [5, 5.41) is 6.44. The van der Waals surface area contributed by atoms with Crippen molar-refractivity contribution in [1.82, 2.24) is 15.6 Å². The van der Waals surface area contributed by atoms with Crippen LogP contribution in [0.1, 0.15) is 17.7 Å². The Labute approximate surface area is 147 Å². The molecule has 1 aliphatic heterocycles. The third-order valence-corrected chi connectivity index (χ3v) is 5.58. The van der Waals surface area contributed by atoms with Gasteiger partial charge in [-0.1, -0.05) is 36.4 Å². The Bertz CT molecular complexity index is 708. The number of aromatic nitrogens is 1. The third kappa shape index (κ3) is 3.12. The van der Waals surface area contributed by atoms with Gasteiger partial charge >= 0.3 is 6.09 Å². The minimum Gasteiger partial charge on any atom is -0.445 e. The highest BCUT2D eigenvalue weighted by molar-refractivity contribution is 5.67. The minimum absolute atomic E-state index is 0.0590. The van der Waals surface area contributed by atoms with Crippen LogP contribution in [0.25, 0.3) is 0 Å². The van der Waals surface area contributed by atoms with Crippen molar-refractivity contribution in [3.05, 3.63) is 66.0 Å². The molecule has 3 unspecified atom stereocenters. The molecule has 1 saturated carbocycles. The van der Waals surface area contributed by atoms with Crippen molar-refractivity contribution in [2.45, 2.75) is 18.4 Å². The molecule has 1 amide bonds. The predicted octanol–water partition coefficient (Wildman–Crippen LogP) is 2.49. The van der Waals surface area contributed by atoms with E-state index >= 15 is 0 Å². The highest BCUT2D eigenvalue weighted by Gasteiger charge is 2.66. The molecule has 3 atom stereocenters. The monoisotopic (exact) mass is 337 g/mol. The van der Waals surface area contributed by atoms with Crippen LogP contribution in [0.4, 0.5) is 4.79 Å². The largest absolute Gasteiger partial charge is 0.445 e. The molecule has 0 bridgehead atoms. The van der Waals surface area contributed by atoms with Gasteiger partial charge in [0.05, 0.1) is 0 Å². The Morgan fingerprint density at radius 3 is 2.76 bits per heavy atom. The number of hydrogen-bond donors (Lipinski definition) is 2. The van der Waals surface area contributed by atoms with Gasteiger partial charge in [0.25, 0.3) is 0 Å². The Morgan fingerprint density at radius 2 is 2.04 bits per heavy atom. The van der Waals surface area contributed by atoms with Crippen molar-refractivity contribution in [3.8, 4) is 0 Å². The SMILES string of the molecule is O=C(NCC1(c2ccccn2)C2CCNCC21)OCc1ccccc1. The standard InChI is InChI=1S/C20H23N3O2/c24-19(25-13-15-6-2-1-3-7-15)23-14-20(18-8-4-5-10-22-18)16-9-11-21-12-17(16)20/h1-8,10,16-17,21H,9,11-14H2,(H,23,24). The van der Waals surface area contributed by atoms with Crippen molar-refractivity contribution in [2.24, 2.45) is 11.8 Å². The zero-order chi connectivity index (χ0) is 17.1. The molecule has 25 heavy (non-hydrogen) atoms. The van der Waals surface area contributed by atoms with Gasteiger partial charge in [-0.15, -0.1) is 0 Å². The molecule has 1 aromatic heterocycles. The first kappa shape index (κ1) is 16.1. The maximum absolute atomic E-state index is 12.2. The van der Waals surface area contributed by atoms with Gasteiger partial charge in [-0.2, -0.15) is 0 Å². The first-order valence-corrected chi connectivity index (χ1v) is 8.87. The van der Waals surface area contributed by atoms with Crippen LogP contribution < -0.4 is 10.6 Å². The number of nitrogens with one attached hydrogen (secondary N) is 2. The Balaban J connectivity index is 1.40. The highest BCUT2D eigenvalue weighted by Crippen LogP contribution is 2.61. The number of piperidine rings is 1. The number of amides is 1. The molecule has 2 N–H and O–H groups in total. The van der Waals surface area contributed by atoms with Crippen LogP contribution >= 0.6 is 0 Å². The molecule has 130 valence electrons. The van der Waals surface area contributed by atoms with Crippen LogP contribution in [-0.2, 0) is 16.8 Å². The molecule has 2 aromatic rings. The summed E-state index contributed by atoms with van der Waals surface area (Å²) >= 11 is 0. The van der Waals surface area contributed by atoms with E-state index < -0.39 is 0 Å². The van der Waals surface area contributed by atoms with E-state index in [0.717, 1.165) is 30.8 Å². The van der Waals surface area contributed by atoms with E-state index in [1.165, 1.54) is 0 Å². The average Bonchev–Trinajstić information content (AvgIpc) is 3.35. The molecule has 4 rings (SSSR count). The summed E-state index contributed by atoms with van der Waals surface area (Å²) in [6, 6.07) is 15.8. The van der Waals surface area contributed by atoms with E-state index in [2.05, 4.69) is 21.7 Å². The number of fused-ring (bicyclic) bond motifs is 1. The highest BCUT2D eigenvalue weighted by atomic mass is 16.5. The van der Waals surface area contributed by atoms with E-state index in [1.54, 1.807) is 0 Å². The van der Waals surface area contributed by atoms with Gasteiger partial charge in [0, 0.05) is 23.9 Å². The number of pyridine rings is 1. The molecule has 0 radical (unpaired) electrons. The summed E-state index contributed by atoms with van der Waals surface area (Å²) in [5.74, 6) is 1.11. The van der Waals surface area contributed by atoms with Crippen LogP contribution in [0.3, 0.4) is 0 Å². The molecule has 2 heterocycles. The van der Waals surface area contributed by atoms with Gasteiger partial charge in [-0.05, 0) is 49.0 Å². The number of hydrogen-bond acceptors (Lipinski definition) is 4. The lowest BCUT2D eigenvalue weighted by Gasteiger charge is -2.18. The smallest absolute Gasteiger partial charge is 0.407 e. The molecular formula is C20H23N3O2. The zero-order valence-corrected chi connectivity index (χ0v) is 14.2. The lowest BCUT2D eigenvalue weighted by molar-refractivity contribution is 0.138. The topological polar surface area (TPSA) is 63.2 Å². The second-order valence-electron chi connectivity index (χ2n) is 6.88. The summed E-state index contributed by atoms with van der Waals surface area (Å²) in [6.07, 6.45) is 2.60. The molecule has 5 heteroatoms. The number of ether oxygens (including phenoxy) is 1. The number of carbonyl (C=O) groups is 1. The van der Waals surface area contributed by atoms with E-state index in [0.29, 0.717) is 18.4 Å². The van der Waals surface area contributed by atoms with Crippen LogP contribution in [0.5, 0.6) is 0 Å². The maximum Gasteiger partial charge on any atom is 0.407 e. The van der Waals surface area contributed by atoms with Crippen molar-refractivity contribution in [3.63, 3.8) is 0 Å². The minimum atomic E-state index is -0.365. The summed E-state index contributed by atoms with van der Waals surface area (Å²) in [7, 11) is 0. The number of benzene rings is 1. The first-order valence-electron chi connectivity index (χ1n) is 8.87. The van der Waals surface area contributed by atoms with Gasteiger partial charge in [-0.25, -0.2) is 4.79 Å². The summed E-state index contributed by atoms with van der Waals surface area (Å²) < 4.78 is 5.35. The van der Waals surface area contributed by atoms with Crippen molar-refractivity contribution in [1.29, 1.82) is 0 Å². The average molecular weight is 337 g/mol. The van der Waals surface area contributed by atoms with Crippen molar-refractivity contribution < 1.29 is 9.53 Å². The molecule has 1 saturated heterocycles. The molecule has 1 aromatic carbocycles. The molecule has 2 fully saturated rings. The lowest BCUT2D eigenvalue weighted by atomic mass is 9.96. The summed E-state index contributed by atoms with van der Waals surface area (Å²) in [5.41, 5.74) is 2.01. The van der Waals surface area contributed by atoms with Gasteiger partial charge in [0.1, 0.15) is 6.61 Å². The summed E-state index contributed by atoms with van der Waals surface area (Å²) in [4.78, 5) is 16.7. The fourth-order valence-corrected chi connectivity index (χ4v) is 4.27. The van der Waals surface area contributed by atoms with Crippen LogP contribution in [-0.4, -0.2) is 30.7 Å². The molecule has 0 spiro atoms. The molecule has 1 aliphatic carbocycles. The van der Waals surface area contributed by atoms with Crippen LogP contribution in [0.15, 0.2) is 54.7 Å². The van der Waals surface area contributed by atoms with Gasteiger partial charge < -0.3 is 15.4 Å². The predicted molar refractivity (Wildman–Crippen MR) is 95.0 cm³/mol. The molecule has 2 aliphatic rings. The fourth-order valence-electron chi connectivity index (χ4n) is 4.27. The quantitative estimate of drug-likeness (QED) is 0.880. The Morgan fingerprint density at radius 1 is 1.20 bits per heavy atom. The lowest BCUT2D eigenvalue weighted by Crippen LogP contribution is -2.35. The van der Waals surface area contributed by atoms with E-state index in [-0.39, 0.29) is 18.1 Å². The van der Waals surface area contributed by atoms with Crippen LogP contribution in [0.2, 0.25) is 0 Å². The fraction of sp³-hybridized carbons (Fsp3) is 0.400. The molecular weight excluding hydrogens is 314 g/mol. The summed E-state index contributed by atoms with van der Waals surface area (Å²) in [6.45, 7) is 2.89. The first-order chi connectivity index (χ1) is 12.3. The van der Waals surface area contributed by atoms with Gasteiger partial charge in [0.15, 0.2) is 0 Å². The second kappa shape index (κ2) is 6.84. The Kier molecular flexibility index (Phi) is 4.40. The Hall–Kier alpha value is -2.40. The number of rotatable bonds is 5. The molecule has 5 nitrogen and oxygen atoms in total. The maximum atomic E-state index is 12.2. The zero-order valence-electron chi connectivity index (χ0n) is 14.2. The van der Waals surface area contributed by atoms with E-state index in [9.17, 15) is 4.79 Å². The van der Waals surface area contributed by atoms with E-state index in [4.69, 9.17) is 4.74 Å². The van der Waals surface area contributed by atoms with Crippen molar-refractivity contribution >= 4 is 6.09 Å². The number of carbonyl (C=O) groups excluding carboxylic acids is 1. The van der Waals surface area contributed by atoms with E-state index in [1.807, 2.05) is 48.7 Å².